The van der Waals surface area contributed by atoms with Crippen molar-refractivity contribution in [3.05, 3.63) is 183 Å². The van der Waals surface area contributed by atoms with Crippen LogP contribution in [-0.2, 0) is 0 Å². The standard InChI is InChI=1S/C20H14BrN3.C14H11N3.C6H4BrI/c21-16-9-11-17(12-10-16)24(19-7-3-4-14-22-19)20-13-8-15-5-1-2-6-18(15)23-20;1-2-6-12-11(5-1)8-9-14(16-12)17-13-7-3-4-10-15-13;7-5-1-3-6(8)4-2-5/h1-14H;1-10H,(H,15,16,17);1-4H. The first-order chi connectivity index (χ1) is 24.0. The van der Waals surface area contributed by atoms with Crippen LogP contribution in [0.15, 0.2) is 179 Å². The minimum Gasteiger partial charge on any atom is -0.325 e. The quantitative estimate of drug-likeness (QED) is 0.174. The normalized spacial score (nSPS) is 10.3. The van der Waals surface area contributed by atoms with Crippen LogP contribution in [0.4, 0.5) is 29.0 Å². The number of nitrogens with one attached hydrogen (secondary N) is 1. The number of anilines is 5. The molecule has 9 heteroatoms. The fourth-order valence-electron chi connectivity index (χ4n) is 4.77. The van der Waals surface area contributed by atoms with E-state index in [0.717, 1.165) is 59.7 Å². The lowest BCUT2D eigenvalue weighted by molar-refractivity contribution is 1.14. The average Bonchev–Trinajstić information content (AvgIpc) is 3.15. The van der Waals surface area contributed by atoms with E-state index in [1.54, 1.807) is 12.4 Å². The average molecular weight is 880 g/mol. The Kier molecular flexibility index (Phi) is 11.9. The van der Waals surface area contributed by atoms with Gasteiger partial charge < -0.3 is 5.32 Å². The van der Waals surface area contributed by atoms with Crippen LogP contribution in [0.2, 0.25) is 0 Å². The van der Waals surface area contributed by atoms with E-state index in [1.165, 1.54) is 3.57 Å². The van der Waals surface area contributed by atoms with Crippen molar-refractivity contribution in [2.75, 3.05) is 10.2 Å². The fraction of sp³-hybridized carbons (Fsp3) is 0. The van der Waals surface area contributed by atoms with Crippen LogP contribution in [0.1, 0.15) is 0 Å². The zero-order chi connectivity index (χ0) is 33.8. The van der Waals surface area contributed by atoms with Crippen molar-refractivity contribution in [1.29, 1.82) is 0 Å². The summed E-state index contributed by atoms with van der Waals surface area (Å²) in [4.78, 5) is 20.1. The van der Waals surface area contributed by atoms with Crippen molar-refractivity contribution in [1.82, 2.24) is 19.9 Å². The number of hydrogen-bond acceptors (Lipinski definition) is 6. The van der Waals surface area contributed by atoms with Gasteiger partial charge in [0.1, 0.15) is 23.3 Å². The molecule has 0 amide bonds. The van der Waals surface area contributed by atoms with Crippen LogP contribution in [0.3, 0.4) is 0 Å². The minimum atomic E-state index is 0.801. The fourth-order valence-corrected chi connectivity index (χ4v) is 5.66. The summed E-state index contributed by atoms with van der Waals surface area (Å²) in [5.41, 5.74) is 2.96. The van der Waals surface area contributed by atoms with Crippen LogP contribution < -0.4 is 10.2 Å². The van der Waals surface area contributed by atoms with Gasteiger partial charge in [-0.05, 0) is 132 Å². The highest BCUT2D eigenvalue weighted by Gasteiger charge is 2.15. The van der Waals surface area contributed by atoms with Gasteiger partial charge in [-0.2, -0.15) is 0 Å². The predicted octanol–water partition coefficient (Wildman–Crippen LogP) is 12.3. The monoisotopic (exact) mass is 878 g/mol. The molecule has 4 heterocycles. The van der Waals surface area contributed by atoms with E-state index in [4.69, 9.17) is 4.98 Å². The van der Waals surface area contributed by atoms with Crippen LogP contribution >= 0.6 is 54.5 Å². The second kappa shape index (κ2) is 17.1. The summed E-state index contributed by atoms with van der Waals surface area (Å²) in [5.74, 6) is 3.29. The molecule has 1 N–H and O–H groups in total. The maximum atomic E-state index is 4.82. The van der Waals surface area contributed by atoms with Crippen molar-refractivity contribution in [2.45, 2.75) is 0 Å². The number of fused-ring (bicyclic) bond motifs is 2. The summed E-state index contributed by atoms with van der Waals surface area (Å²) < 4.78 is 3.45. The van der Waals surface area contributed by atoms with Gasteiger partial charge in [-0.1, -0.05) is 80.4 Å². The Hall–Kier alpha value is -4.71. The van der Waals surface area contributed by atoms with Crippen LogP contribution in [0.5, 0.6) is 0 Å². The van der Waals surface area contributed by atoms with Crippen molar-refractivity contribution < 1.29 is 0 Å². The van der Waals surface area contributed by atoms with Gasteiger partial charge in [-0.3, -0.25) is 4.90 Å². The number of para-hydroxylation sites is 2. The minimum absolute atomic E-state index is 0.801. The predicted molar refractivity (Wildman–Crippen MR) is 218 cm³/mol. The second-order valence-corrected chi connectivity index (χ2v) is 13.6. The van der Waals surface area contributed by atoms with Gasteiger partial charge in [-0.15, -0.1) is 0 Å². The third kappa shape index (κ3) is 9.69. The summed E-state index contributed by atoms with van der Waals surface area (Å²) in [7, 11) is 0. The van der Waals surface area contributed by atoms with E-state index < -0.39 is 0 Å². The SMILES string of the molecule is Brc1ccc(I)cc1.Brc1ccc(N(c2ccccn2)c2ccc3ccccc3n2)cc1.c1ccc(Nc2ccc3ccccc3n2)nc1. The molecule has 0 aliphatic rings. The number of halogens is 3. The van der Waals surface area contributed by atoms with E-state index in [2.05, 4.69) is 116 Å². The largest absolute Gasteiger partial charge is 0.325 e. The highest BCUT2D eigenvalue weighted by Crippen LogP contribution is 2.33. The van der Waals surface area contributed by atoms with Gasteiger partial charge in [-0.25, -0.2) is 19.9 Å². The topological polar surface area (TPSA) is 66.8 Å². The first-order valence-electron chi connectivity index (χ1n) is 15.3. The molecule has 0 bridgehead atoms. The van der Waals surface area contributed by atoms with Gasteiger partial charge in [0.25, 0.3) is 0 Å². The molecule has 0 spiro atoms. The molecule has 0 saturated carbocycles. The Morgan fingerprint density at radius 2 is 1.04 bits per heavy atom. The molecule has 6 nitrogen and oxygen atoms in total. The molecule has 8 rings (SSSR count). The van der Waals surface area contributed by atoms with E-state index in [9.17, 15) is 0 Å². The number of hydrogen-bond donors (Lipinski definition) is 1. The van der Waals surface area contributed by atoms with Gasteiger partial charge >= 0.3 is 0 Å². The Bertz CT molecular complexity index is 2220. The van der Waals surface area contributed by atoms with Crippen LogP contribution in [0, 0.1) is 3.57 Å². The van der Waals surface area contributed by atoms with Crippen molar-refractivity contribution in [2.24, 2.45) is 0 Å². The maximum absolute atomic E-state index is 4.82. The molecule has 240 valence electrons. The van der Waals surface area contributed by atoms with Crippen LogP contribution in [0.25, 0.3) is 21.8 Å². The number of nitrogens with zero attached hydrogens (tertiary/aromatic N) is 5. The first-order valence-corrected chi connectivity index (χ1v) is 18.0. The lowest BCUT2D eigenvalue weighted by atomic mass is 10.2. The second-order valence-electron chi connectivity index (χ2n) is 10.5. The summed E-state index contributed by atoms with van der Waals surface area (Å²) in [6.45, 7) is 0. The summed E-state index contributed by atoms with van der Waals surface area (Å²) in [5, 5.41) is 5.44. The third-order valence-corrected chi connectivity index (χ3v) is 8.88. The molecule has 0 fully saturated rings. The maximum Gasteiger partial charge on any atom is 0.139 e. The van der Waals surface area contributed by atoms with Crippen LogP contribution in [-0.4, -0.2) is 19.9 Å². The molecule has 0 aliphatic carbocycles. The van der Waals surface area contributed by atoms with E-state index in [0.29, 0.717) is 0 Å². The molecule has 4 aromatic carbocycles. The lowest BCUT2D eigenvalue weighted by Crippen LogP contribution is -2.12. The molecule has 8 aromatic rings. The first kappa shape index (κ1) is 34.2. The van der Waals surface area contributed by atoms with Crippen molar-refractivity contribution in [3.8, 4) is 0 Å². The van der Waals surface area contributed by atoms with Gasteiger partial charge in [0.2, 0.25) is 0 Å². The number of benzene rings is 4. The zero-order valence-corrected chi connectivity index (χ0v) is 31.4. The molecule has 0 unspecified atom stereocenters. The molecule has 0 radical (unpaired) electrons. The van der Waals surface area contributed by atoms with E-state index in [-0.39, 0.29) is 0 Å². The van der Waals surface area contributed by atoms with Crippen molar-refractivity contribution in [3.63, 3.8) is 0 Å². The number of pyridine rings is 4. The summed E-state index contributed by atoms with van der Waals surface area (Å²) >= 11 is 9.11. The highest BCUT2D eigenvalue weighted by atomic mass is 127. The highest BCUT2D eigenvalue weighted by molar-refractivity contribution is 14.1. The Morgan fingerprint density at radius 3 is 1.65 bits per heavy atom. The van der Waals surface area contributed by atoms with Gasteiger partial charge in [0.15, 0.2) is 0 Å². The summed E-state index contributed by atoms with van der Waals surface area (Å²) in [6.07, 6.45) is 3.55. The molecule has 0 atom stereocenters. The van der Waals surface area contributed by atoms with Gasteiger partial charge in [0.05, 0.1) is 11.0 Å². The molecular weight excluding hydrogens is 851 g/mol. The number of rotatable bonds is 5. The lowest BCUT2D eigenvalue weighted by Gasteiger charge is -2.23. The molecule has 0 saturated heterocycles. The Labute approximate surface area is 315 Å². The summed E-state index contributed by atoms with van der Waals surface area (Å²) in [6, 6.07) is 52.2. The number of aromatic nitrogens is 4. The van der Waals surface area contributed by atoms with Crippen molar-refractivity contribution >= 4 is 105 Å². The van der Waals surface area contributed by atoms with E-state index >= 15 is 0 Å². The Balaban J connectivity index is 0.000000144. The molecule has 0 aliphatic heterocycles. The Morgan fingerprint density at radius 1 is 0.469 bits per heavy atom. The molecule has 49 heavy (non-hydrogen) atoms. The molecular formula is C40H29Br2IN6. The van der Waals surface area contributed by atoms with Gasteiger partial charge in [0, 0.05) is 41.4 Å². The van der Waals surface area contributed by atoms with E-state index in [1.807, 2.05) is 121 Å². The molecule has 4 aromatic heterocycles. The third-order valence-electron chi connectivity index (χ3n) is 7.10. The zero-order valence-electron chi connectivity index (χ0n) is 26.0. The smallest absolute Gasteiger partial charge is 0.139 e.